The van der Waals surface area contributed by atoms with Gasteiger partial charge in [-0.1, -0.05) is 13.8 Å². The molecule has 0 aromatic rings. The molecule has 2 nitrogen and oxygen atoms in total. The summed E-state index contributed by atoms with van der Waals surface area (Å²) in [6.45, 7) is 10.6. The lowest BCUT2D eigenvalue weighted by Crippen LogP contribution is -2.68. The van der Waals surface area contributed by atoms with E-state index in [-0.39, 0.29) is 28.6 Å². The highest BCUT2D eigenvalue weighted by atomic mass is 32.2. The largest absolute Gasteiger partial charge is 0.441 e. The van der Waals surface area contributed by atoms with Crippen molar-refractivity contribution >= 4 is 11.8 Å². The van der Waals surface area contributed by atoms with E-state index in [0.29, 0.717) is 6.54 Å². The van der Waals surface area contributed by atoms with Gasteiger partial charge in [0.1, 0.15) is 0 Å². The summed E-state index contributed by atoms with van der Waals surface area (Å²) in [6.07, 6.45) is 1.92. The Balaban J connectivity index is 2.63. The van der Waals surface area contributed by atoms with Crippen molar-refractivity contribution in [3.63, 3.8) is 0 Å². The van der Waals surface area contributed by atoms with E-state index in [0.717, 1.165) is 25.9 Å². The minimum absolute atomic E-state index is 0.0115. The van der Waals surface area contributed by atoms with Gasteiger partial charge in [0.05, 0.1) is 0 Å². The third-order valence-corrected chi connectivity index (χ3v) is 5.08. The fraction of sp³-hybridized carbons (Fsp3) is 1.00. The molecule has 1 aliphatic rings. The van der Waals surface area contributed by atoms with E-state index < -0.39 is 5.51 Å². The molecule has 0 amide bonds. The Morgan fingerprint density at radius 1 is 1.21 bits per heavy atom. The monoisotopic (exact) mass is 298 g/mol. The van der Waals surface area contributed by atoms with Gasteiger partial charge in [0.25, 0.3) is 0 Å². The van der Waals surface area contributed by atoms with E-state index in [1.54, 1.807) is 0 Å². The molecule has 2 unspecified atom stereocenters. The first-order valence-electron chi connectivity index (χ1n) is 6.85. The van der Waals surface area contributed by atoms with Crippen molar-refractivity contribution in [2.75, 3.05) is 25.4 Å². The highest BCUT2D eigenvalue weighted by Crippen LogP contribution is 2.32. The van der Waals surface area contributed by atoms with E-state index in [9.17, 15) is 13.2 Å². The summed E-state index contributed by atoms with van der Waals surface area (Å²) < 4.78 is 36.7. The first-order valence-corrected chi connectivity index (χ1v) is 7.83. The summed E-state index contributed by atoms with van der Waals surface area (Å²) in [7, 11) is 0. The zero-order valence-corrected chi connectivity index (χ0v) is 13.0. The molecule has 0 bridgehead atoms. The number of nitrogens with one attached hydrogen (secondary N) is 1. The van der Waals surface area contributed by atoms with Gasteiger partial charge in [0, 0.05) is 36.5 Å². The summed E-state index contributed by atoms with van der Waals surface area (Å²) >= 11 is 0.0841. The maximum absolute atomic E-state index is 12.2. The summed E-state index contributed by atoms with van der Waals surface area (Å²) in [4.78, 5) is 2.23. The molecule has 1 rings (SSSR count). The molecule has 1 heterocycles. The Morgan fingerprint density at radius 3 is 2.32 bits per heavy atom. The predicted molar refractivity (Wildman–Crippen MR) is 75.5 cm³/mol. The minimum Gasteiger partial charge on any atom is -0.308 e. The number of hydrogen-bond acceptors (Lipinski definition) is 3. The lowest BCUT2D eigenvalue weighted by molar-refractivity contribution is -0.0333. The Bertz CT molecular complexity index is 298. The molecule has 1 aliphatic heterocycles. The maximum atomic E-state index is 12.2. The average molecular weight is 298 g/mol. The summed E-state index contributed by atoms with van der Waals surface area (Å²) in [5, 5.41) is 3.55. The van der Waals surface area contributed by atoms with Crippen LogP contribution >= 0.6 is 11.8 Å². The number of hydrogen-bond donors (Lipinski definition) is 1. The van der Waals surface area contributed by atoms with Gasteiger partial charge in [-0.2, -0.15) is 13.2 Å². The number of halogens is 3. The van der Waals surface area contributed by atoms with Crippen molar-refractivity contribution in [2.24, 2.45) is 0 Å². The molecule has 0 aromatic carbocycles. The lowest BCUT2D eigenvalue weighted by atomic mass is 9.86. The molecular formula is C13H25F3N2S. The van der Waals surface area contributed by atoms with Crippen molar-refractivity contribution in [1.82, 2.24) is 10.2 Å². The van der Waals surface area contributed by atoms with Crippen molar-refractivity contribution in [3.05, 3.63) is 0 Å². The van der Waals surface area contributed by atoms with Gasteiger partial charge in [-0.25, -0.2) is 0 Å². The van der Waals surface area contributed by atoms with Gasteiger partial charge in [0.15, 0.2) is 0 Å². The second-order valence-corrected chi connectivity index (χ2v) is 6.99. The first kappa shape index (κ1) is 17.1. The molecule has 0 spiro atoms. The first-order chi connectivity index (χ1) is 8.64. The zero-order chi connectivity index (χ0) is 14.7. The molecule has 0 saturated carbocycles. The van der Waals surface area contributed by atoms with E-state index in [4.69, 9.17) is 0 Å². The van der Waals surface area contributed by atoms with Crippen LogP contribution in [0.4, 0.5) is 13.2 Å². The molecule has 0 aromatic heterocycles. The number of rotatable bonds is 5. The van der Waals surface area contributed by atoms with E-state index >= 15 is 0 Å². The maximum Gasteiger partial charge on any atom is 0.441 e. The highest BCUT2D eigenvalue weighted by Gasteiger charge is 2.41. The second kappa shape index (κ2) is 6.22. The van der Waals surface area contributed by atoms with Gasteiger partial charge >= 0.3 is 5.51 Å². The van der Waals surface area contributed by atoms with Crippen LogP contribution in [0.3, 0.4) is 0 Å². The molecule has 1 N–H and O–H groups in total. The molecular weight excluding hydrogens is 273 g/mol. The van der Waals surface area contributed by atoms with Crippen LogP contribution in [0.5, 0.6) is 0 Å². The van der Waals surface area contributed by atoms with Crippen molar-refractivity contribution in [3.8, 4) is 0 Å². The Hall–Kier alpha value is 0.0600. The smallest absolute Gasteiger partial charge is 0.308 e. The third kappa shape index (κ3) is 4.83. The van der Waals surface area contributed by atoms with Gasteiger partial charge in [-0.15, -0.1) is 0 Å². The van der Waals surface area contributed by atoms with E-state index in [1.807, 2.05) is 0 Å². The Morgan fingerprint density at radius 2 is 1.84 bits per heavy atom. The van der Waals surface area contributed by atoms with Gasteiger partial charge < -0.3 is 5.32 Å². The number of alkyl halides is 3. The third-order valence-electron chi connectivity index (χ3n) is 4.37. The van der Waals surface area contributed by atoms with Crippen LogP contribution in [0.2, 0.25) is 0 Å². The molecule has 114 valence electrons. The zero-order valence-electron chi connectivity index (χ0n) is 12.2. The van der Waals surface area contributed by atoms with Crippen molar-refractivity contribution < 1.29 is 13.2 Å². The van der Waals surface area contributed by atoms with Crippen LogP contribution in [-0.2, 0) is 0 Å². The fourth-order valence-corrected chi connectivity index (χ4v) is 2.93. The summed E-state index contributed by atoms with van der Waals surface area (Å²) in [6, 6.07) is 0. The average Bonchev–Trinajstić information content (AvgIpc) is 2.32. The topological polar surface area (TPSA) is 15.3 Å². The van der Waals surface area contributed by atoms with Gasteiger partial charge in [-0.05, 0) is 38.5 Å². The van der Waals surface area contributed by atoms with Crippen molar-refractivity contribution in [2.45, 2.75) is 57.1 Å². The summed E-state index contributed by atoms with van der Waals surface area (Å²) in [5.41, 5.74) is -4.15. The molecule has 1 fully saturated rings. The van der Waals surface area contributed by atoms with Gasteiger partial charge in [0.2, 0.25) is 0 Å². The SMILES string of the molecule is CCC1(C)CN(CCSC(F)(F)F)C(C)(CC)CN1. The molecule has 6 heteroatoms. The van der Waals surface area contributed by atoms with Crippen LogP contribution in [-0.4, -0.2) is 46.9 Å². The van der Waals surface area contributed by atoms with Crippen LogP contribution in [0.25, 0.3) is 0 Å². The molecule has 1 saturated heterocycles. The number of piperazine rings is 1. The minimum atomic E-state index is -4.12. The fourth-order valence-electron chi connectivity index (χ4n) is 2.39. The van der Waals surface area contributed by atoms with Crippen LogP contribution in [0.15, 0.2) is 0 Å². The molecule has 0 aliphatic carbocycles. The molecule has 0 radical (unpaired) electrons. The Kier molecular flexibility index (Phi) is 5.61. The number of thioether (sulfide) groups is 1. The summed E-state index contributed by atoms with van der Waals surface area (Å²) in [5.74, 6) is 0.110. The highest BCUT2D eigenvalue weighted by molar-refractivity contribution is 8.00. The molecule has 2 atom stereocenters. The standard InChI is InChI=1S/C13H25F3N2S/c1-5-11(3)10-18(7-8-19-13(14,15)16)12(4,6-2)9-17-11/h17H,5-10H2,1-4H3. The van der Waals surface area contributed by atoms with Crippen LogP contribution < -0.4 is 5.32 Å². The van der Waals surface area contributed by atoms with E-state index in [1.165, 1.54) is 0 Å². The van der Waals surface area contributed by atoms with Crippen LogP contribution in [0, 0.1) is 0 Å². The van der Waals surface area contributed by atoms with Crippen LogP contribution in [0.1, 0.15) is 40.5 Å². The number of nitrogens with zero attached hydrogens (tertiary/aromatic N) is 1. The quantitative estimate of drug-likeness (QED) is 0.836. The van der Waals surface area contributed by atoms with E-state index in [2.05, 4.69) is 37.9 Å². The van der Waals surface area contributed by atoms with Crippen molar-refractivity contribution in [1.29, 1.82) is 0 Å². The normalized spacial score (nSPS) is 33.6. The predicted octanol–water partition coefficient (Wildman–Crippen LogP) is 3.48. The van der Waals surface area contributed by atoms with Gasteiger partial charge in [-0.3, -0.25) is 4.90 Å². The second-order valence-electron chi connectivity index (χ2n) is 5.83. The lowest BCUT2D eigenvalue weighted by Gasteiger charge is -2.52. The molecule has 19 heavy (non-hydrogen) atoms. The Labute approximate surface area is 118 Å².